The lowest BCUT2D eigenvalue weighted by molar-refractivity contribution is 0.00578. The first kappa shape index (κ1) is 19.2. The number of hydrogen-bond donors (Lipinski definition) is 0. The quantitative estimate of drug-likeness (QED) is 0.539. The van der Waals surface area contributed by atoms with Crippen LogP contribution in [0.4, 0.5) is 4.39 Å². The molecule has 2 aromatic heterocycles. The molecule has 0 aliphatic carbocycles. The summed E-state index contributed by atoms with van der Waals surface area (Å²) in [4.78, 5) is 4.67. The Labute approximate surface area is 169 Å². The molecule has 3 heterocycles. The maximum atomic E-state index is 15.0. The zero-order valence-corrected chi connectivity index (χ0v) is 17.0. The Morgan fingerprint density at radius 1 is 1.07 bits per heavy atom. The van der Waals surface area contributed by atoms with E-state index in [-0.39, 0.29) is 0 Å². The van der Waals surface area contributed by atoms with Gasteiger partial charge in [-0.2, -0.15) is 0 Å². The number of fused-ring (bicyclic) bond motifs is 1. The van der Waals surface area contributed by atoms with E-state index in [0.29, 0.717) is 16.5 Å². The first-order valence-electron chi connectivity index (χ1n) is 9.14. The second-order valence-corrected chi connectivity index (χ2v) is 8.34. The van der Waals surface area contributed by atoms with Crippen LogP contribution >= 0.6 is 11.6 Å². The lowest BCUT2D eigenvalue weighted by atomic mass is 9.87. The number of hydrogen-bond acceptors (Lipinski definition) is 3. The second kappa shape index (κ2) is 6.73. The van der Waals surface area contributed by atoms with Gasteiger partial charge in [-0.05, 0) is 70.2 Å². The van der Waals surface area contributed by atoms with Crippen molar-refractivity contribution in [3.05, 3.63) is 65.1 Å². The number of halogens is 2. The van der Waals surface area contributed by atoms with Crippen LogP contribution < -0.4 is 0 Å². The third kappa shape index (κ3) is 3.26. The van der Waals surface area contributed by atoms with E-state index >= 15 is 4.39 Å². The molecule has 0 bridgehead atoms. The highest BCUT2D eigenvalue weighted by Crippen LogP contribution is 2.39. The fourth-order valence-corrected chi connectivity index (χ4v) is 3.25. The van der Waals surface area contributed by atoms with Gasteiger partial charge in [0, 0.05) is 16.8 Å². The Kier molecular flexibility index (Phi) is 4.61. The van der Waals surface area contributed by atoms with E-state index in [4.69, 9.17) is 20.9 Å². The van der Waals surface area contributed by atoms with Crippen molar-refractivity contribution in [2.75, 3.05) is 0 Å². The highest BCUT2D eigenvalue weighted by atomic mass is 35.5. The molecule has 0 spiro atoms. The molecule has 28 heavy (non-hydrogen) atoms. The van der Waals surface area contributed by atoms with Gasteiger partial charge in [0.15, 0.2) is 0 Å². The first-order valence-corrected chi connectivity index (χ1v) is 9.51. The van der Waals surface area contributed by atoms with Gasteiger partial charge < -0.3 is 9.31 Å². The van der Waals surface area contributed by atoms with Crippen molar-refractivity contribution >= 4 is 30.3 Å². The molecule has 1 fully saturated rings. The van der Waals surface area contributed by atoms with Crippen LogP contribution in [0.2, 0.25) is 5.02 Å². The third-order valence-electron chi connectivity index (χ3n) is 5.43. The predicted molar refractivity (Wildman–Crippen MR) is 111 cm³/mol. The number of nitrogens with zero attached hydrogens (tertiary/aromatic N) is 2. The van der Waals surface area contributed by atoms with E-state index in [9.17, 15) is 0 Å². The maximum Gasteiger partial charge on any atom is 0.525 e. The minimum absolute atomic E-state index is 0.509. The van der Waals surface area contributed by atoms with Gasteiger partial charge in [0.05, 0.1) is 22.4 Å². The van der Waals surface area contributed by atoms with Crippen molar-refractivity contribution in [2.24, 2.45) is 0 Å². The highest BCUT2D eigenvalue weighted by molar-refractivity contribution is 6.54. The van der Waals surface area contributed by atoms with Crippen LogP contribution in [0.25, 0.3) is 23.0 Å². The molecule has 0 saturated carbocycles. The summed E-state index contributed by atoms with van der Waals surface area (Å²) in [5.41, 5.74) is 0.476. The third-order valence-corrected chi connectivity index (χ3v) is 5.68. The van der Waals surface area contributed by atoms with Crippen LogP contribution in [0.5, 0.6) is 0 Å². The molecule has 0 amide bonds. The van der Waals surface area contributed by atoms with Crippen LogP contribution in [0.3, 0.4) is 0 Å². The van der Waals surface area contributed by atoms with Gasteiger partial charge in [-0.3, -0.25) is 4.40 Å². The number of benzene rings is 1. The molecule has 4 nitrogen and oxygen atoms in total. The summed E-state index contributed by atoms with van der Waals surface area (Å²) in [6, 6.07) is 13.1. The number of pyridine rings is 1. The van der Waals surface area contributed by atoms with Crippen LogP contribution in [0, 0.1) is 0 Å². The monoisotopic (exact) mass is 398 g/mol. The van der Waals surface area contributed by atoms with Gasteiger partial charge in [-0.25, -0.2) is 9.37 Å². The van der Waals surface area contributed by atoms with Gasteiger partial charge in [0.25, 0.3) is 0 Å². The van der Waals surface area contributed by atoms with E-state index in [0.717, 1.165) is 11.1 Å². The van der Waals surface area contributed by atoms with E-state index < -0.39 is 24.0 Å². The second-order valence-electron chi connectivity index (χ2n) is 7.90. The maximum absolute atomic E-state index is 15.0. The van der Waals surface area contributed by atoms with Gasteiger partial charge in [-0.15, -0.1) is 0 Å². The number of imidazole rings is 1. The molecular formula is C21H21BClFN2O2. The van der Waals surface area contributed by atoms with E-state index in [2.05, 4.69) is 4.98 Å². The SMILES string of the molecule is CC1(C)OB(C(F)=Cc2nc(-c3ccc(Cl)cc3)n3ccccc23)OC1(C)C. The van der Waals surface area contributed by atoms with Crippen molar-refractivity contribution in [1.29, 1.82) is 0 Å². The van der Waals surface area contributed by atoms with Crippen molar-refractivity contribution in [1.82, 2.24) is 9.38 Å². The lowest BCUT2D eigenvalue weighted by Crippen LogP contribution is -2.41. The standard InChI is InChI=1S/C21H21BClFN2O2/c1-20(2)21(3,4)28-22(27-20)18(24)13-16-17-7-5-6-12-26(17)19(25-16)14-8-10-15(23)11-9-14/h5-13H,1-4H3. The first-order chi connectivity index (χ1) is 13.2. The summed E-state index contributed by atoms with van der Waals surface area (Å²) in [6.45, 7) is 7.58. The van der Waals surface area contributed by atoms with E-state index in [1.165, 1.54) is 6.08 Å². The molecule has 1 saturated heterocycles. The lowest BCUT2D eigenvalue weighted by Gasteiger charge is -2.32. The Balaban J connectivity index is 1.76. The van der Waals surface area contributed by atoms with E-state index in [1.807, 2.05) is 68.6 Å². The molecule has 0 radical (unpaired) electrons. The van der Waals surface area contributed by atoms with Gasteiger partial charge in [-0.1, -0.05) is 17.7 Å². The molecule has 1 aliphatic heterocycles. The summed E-state index contributed by atoms with van der Waals surface area (Å²) in [7, 11) is -1.05. The Morgan fingerprint density at radius 3 is 2.36 bits per heavy atom. The minimum Gasteiger partial charge on any atom is -0.398 e. The van der Waals surface area contributed by atoms with Crippen LogP contribution in [0.1, 0.15) is 33.4 Å². The smallest absolute Gasteiger partial charge is 0.398 e. The summed E-state index contributed by atoms with van der Waals surface area (Å²) < 4.78 is 28.5. The molecular weight excluding hydrogens is 378 g/mol. The average Bonchev–Trinajstić information content (AvgIpc) is 3.10. The van der Waals surface area contributed by atoms with Gasteiger partial charge >= 0.3 is 7.12 Å². The summed E-state index contributed by atoms with van der Waals surface area (Å²) >= 11 is 6.00. The van der Waals surface area contributed by atoms with E-state index in [1.54, 1.807) is 12.1 Å². The van der Waals surface area contributed by atoms with Crippen molar-refractivity contribution in [3.8, 4) is 11.4 Å². The fourth-order valence-electron chi connectivity index (χ4n) is 3.12. The Bertz CT molecular complexity index is 1040. The molecule has 1 aromatic carbocycles. The summed E-state index contributed by atoms with van der Waals surface area (Å²) in [5.74, 6) is 0.709. The zero-order valence-electron chi connectivity index (χ0n) is 16.2. The van der Waals surface area contributed by atoms with Crippen LogP contribution in [0.15, 0.2) is 54.4 Å². The fraction of sp³-hybridized carbons (Fsp3) is 0.286. The van der Waals surface area contributed by atoms with Crippen LogP contribution in [-0.4, -0.2) is 27.7 Å². The molecule has 0 unspecified atom stereocenters. The van der Waals surface area contributed by atoms with Gasteiger partial charge in [0.1, 0.15) is 11.6 Å². The molecule has 0 N–H and O–H groups in total. The molecule has 3 aromatic rings. The average molecular weight is 399 g/mol. The molecule has 144 valence electrons. The molecule has 0 atom stereocenters. The molecule has 1 aliphatic rings. The predicted octanol–water partition coefficient (Wildman–Crippen LogP) is 5.60. The van der Waals surface area contributed by atoms with Crippen molar-refractivity contribution < 1.29 is 13.7 Å². The Morgan fingerprint density at radius 2 is 1.71 bits per heavy atom. The largest absolute Gasteiger partial charge is 0.525 e. The molecule has 4 rings (SSSR count). The summed E-state index contributed by atoms with van der Waals surface area (Å²) in [6.07, 6.45) is 3.28. The van der Waals surface area contributed by atoms with Crippen LogP contribution in [-0.2, 0) is 9.31 Å². The zero-order chi connectivity index (χ0) is 20.1. The number of aromatic nitrogens is 2. The number of rotatable bonds is 3. The highest BCUT2D eigenvalue weighted by Gasteiger charge is 2.53. The normalized spacial score (nSPS) is 18.8. The minimum atomic E-state index is -1.05. The van der Waals surface area contributed by atoms with Crippen molar-refractivity contribution in [3.63, 3.8) is 0 Å². The van der Waals surface area contributed by atoms with Gasteiger partial charge in [0.2, 0.25) is 0 Å². The Hall–Kier alpha value is -2.15. The molecule has 7 heteroatoms. The van der Waals surface area contributed by atoms with Crippen molar-refractivity contribution in [2.45, 2.75) is 38.9 Å². The summed E-state index contributed by atoms with van der Waals surface area (Å²) in [5, 5.41) is 0.650. The topological polar surface area (TPSA) is 35.8 Å².